The van der Waals surface area contributed by atoms with Gasteiger partial charge in [0.05, 0.1) is 5.41 Å². The quantitative estimate of drug-likeness (QED) is 0.932. The van der Waals surface area contributed by atoms with Gasteiger partial charge in [0.25, 0.3) is 0 Å². The summed E-state index contributed by atoms with van der Waals surface area (Å²) in [6.45, 7) is 1.70. The predicted octanol–water partition coefficient (Wildman–Crippen LogP) is 2.99. The van der Waals surface area contributed by atoms with Crippen LogP contribution in [0.3, 0.4) is 0 Å². The fourth-order valence-electron chi connectivity index (χ4n) is 3.63. The van der Waals surface area contributed by atoms with E-state index in [1.54, 1.807) is 0 Å². The number of likely N-dealkylation sites (tertiary alicyclic amines) is 1. The highest BCUT2D eigenvalue weighted by Gasteiger charge is 2.48. The number of aliphatic hydroxyl groups is 1. The summed E-state index contributed by atoms with van der Waals surface area (Å²) in [5.41, 5.74) is 0.747. The minimum atomic E-state index is -0.345. The maximum absolute atomic E-state index is 13.1. The smallest absolute Gasteiger partial charge is 0.233 e. The Hall–Kier alpha value is -1.06. The Kier molecular flexibility index (Phi) is 4.23. The molecule has 0 aromatic heterocycles. The zero-order valence-electron chi connectivity index (χ0n) is 12.2. The lowest BCUT2D eigenvalue weighted by atomic mass is 9.63. The first kappa shape index (κ1) is 14.9. The van der Waals surface area contributed by atoms with Crippen molar-refractivity contribution in [2.24, 2.45) is 5.92 Å². The molecule has 0 spiro atoms. The SMILES string of the molecule is O=C(N1CCCC(CO)C1)C1(c2ccc(Cl)cc2)CCC1. The van der Waals surface area contributed by atoms with Gasteiger partial charge in [0.15, 0.2) is 0 Å². The Bertz CT molecular complexity index is 510. The van der Waals surface area contributed by atoms with E-state index in [0.717, 1.165) is 44.2 Å². The lowest BCUT2D eigenvalue weighted by molar-refractivity contribution is -0.143. The van der Waals surface area contributed by atoms with Gasteiger partial charge in [0, 0.05) is 24.7 Å². The van der Waals surface area contributed by atoms with Gasteiger partial charge >= 0.3 is 0 Å². The maximum atomic E-state index is 13.1. The molecule has 114 valence electrons. The van der Waals surface area contributed by atoms with Gasteiger partial charge in [-0.15, -0.1) is 0 Å². The number of aliphatic hydroxyl groups excluding tert-OH is 1. The van der Waals surface area contributed by atoms with E-state index in [1.807, 2.05) is 29.2 Å². The zero-order valence-corrected chi connectivity index (χ0v) is 13.0. The maximum Gasteiger partial charge on any atom is 0.233 e. The van der Waals surface area contributed by atoms with E-state index in [1.165, 1.54) is 0 Å². The second-order valence-electron chi connectivity index (χ2n) is 6.38. The largest absolute Gasteiger partial charge is 0.396 e. The van der Waals surface area contributed by atoms with Gasteiger partial charge in [-0.25, -0.2) is 0 Å². The van der Waals surface area contributed by atoms with E-state index < -0.39 is 0 Å². The average molecular weight is 308 g/mol. The van der Waals surface area contributed by atoms with Crippen LogP contribution < -0.4 is 0 Å². The van der Waals surface area contributed by atoms with Crippen LogP contribution in [0, 0.1) is 5.92 Å². The fraction of sp³-hybridized carbons (Fsp3) is 0.588. The Morgan fingerprint density at radius 1 is 1.29 bits per heavy atom. The number of hydrogen-bond acceptors (Lipinski definition) is 2. The molecular formula is C17H22ClNO2. The lowest BCUT2D eigenvalue weighted by Gasteiger charge is -2.45. The second-order valence-corrected chi connectivity index (χ2v) is 6.82. The lowest BCUT2D eigenvalue weighted by Crippen LogP contribution is -2.53. The van der Waals surface area contributed by atoms with Crippen molar-refractivity contribution in [1.29, 1.82) is 0 Å². The first-order chi connectivity index (χ1) is 10.2. The minimum absolute atomic E-state index is 0.178. The molecule has 3 nitrogen and oxygen atoms in total. The Labute approximate surface area is 130 Å². The molecule has 1 unspecified atom stereocenters. The highest BCUT2D eigenvalue weighted by Crippen LogP contribution is 2.45. The number of nitrogens with zero attached hydrogens (tertiary/aromatic N) is 1. The second kappa shape index (κ2) is 5.98. The van der Waals surface area contributed by atoms with Crippen molar-refractivity contribution in [3.63, 3.8) is 0 Å². The van der Waals surface area contributed by atoms with Gasteiger partial charge in [0.1, 0.15) is 0 Å². The summed E-state index contributed by atoms with van der Waals surface area (Å²) in [5, 5.41) is 10.1. The van der Waals surface area contributed by atoms with E-state index in [2.05, 4.69) is 0 Å². The molecule has 1 aromatic carbocycles. The number of rotatable bonds is 3. The molecule has 4 heteroatoms. The molecule has 2 aliphatic rings. The van der Waals surface area contributed by atoms with Gasteiger partial charge < -0.3 is 10.0 Å². The van der Waals surface area contributed by atoms with E-state index >= 15 is 0 Å². The molecule has 1 aliphatic heterocycles. The Balaban J connectivity index is 1.82. The third kappa shape index (κ3) is 2.69. The molecule has 21 heavy (non-hydrogen) atoms. The highest BCUT2D eigenvalue weighted by molar-refractivity contribution is 6.30. The van der Waals surface area contributed by atoms with Gasteiger partial charge in [-0.1, -0.05) is 30.2 Å². The standard InChI is InChI=1S/C17H22ClNO2/c18-15-6-4-14(5-7-15)17(8-2-9-17)16(21)19-10-1-3-13(11-19)12-20/h4-7,13,20H,1-3,8-12H2. The minimum Gasteiger partial charge on any atom is -0.396 e. The molecule has 1 N–H and O–H groups in total. The summed E-state index contributed by atoms with van der Waals surface area (Å²) in [5.74, 6) is 0.485. The molecule has 1 atom stereocenters. The summed E-state index contributed by atoms with van der Waals surface area (Å²) in [6.07, 6.45) is 4.97. The van der Waals surface area contributed by atoms with Crippen LogP contribution in [-0.2, 0) is 10.2 Å². The summed E-state index contributed by atoms with van der Waals surface area (Å²) in [7, 11) is 0. The molecule has 1 saturated carbocycles. The van der Waals surface area contributed by atoms with Gasteiger partial charge in [-0.05, 0) is 49.3 Å². The molecule has 3 rings (SSSR count). The van der Waals surface area contributed by atoms with Crippen molar-refractivity contribution >= 4 is 17.5 Å². The van der Waals surface area contributed by atoms with Crippen molar-refractivity contribution < 1.29 is 9.90 Å². The fourth-order valence-corrected chi connectivity index (χ4v) is 3.75. The number of carbonyl (C=O) groups is 1. The Morgan fingerprint density at radius 3 is 2.57 bits per heavy atom. The van der Waals surface area contributed by atoms with E-state index in [-0.39, 0.29) is 23.8 Å². The third-order valence-electron chi connectivity index (χ3n) is 5.08. The first-order valence-corrected chi connectivity index (χ1v) is 8.20. The van der Waals surface area contributed by atoms with Crippen molar-refractivity contribution in [2.45, 2.75) is 37.5 Å². The van der Waals surface area contributed by atoms with Crippen LogP contribution in [0.4, 0.5) is 0 Å². The summed E-state index contributed by atoms with van der Waals surface area (Å²) in [4.78, 5) is 15.0. The topological polar surface area (TPSA) is 40.5 Å². The molecular weight excluding hydrogens is 286 g/mol. The normalized spacial score (nSPS) is 24.5. The third-order valence-corrected chi connectivity index (χ3v) is 5.33. The predicted molar refractivity (Wildman–Crippen MR) is 83.4 cm³/mol. The monoisotopic (exact) mass is 307 g/mol. The van der Waals surface area contributed by atoms with E-state index in [9.17, 15) is 9.90 Å². The number of benzene rings is 1. The van der Waals surface area contributed by atoms with E-state index in [0.29, 0.717) is 11.6 Å². The molecule has 2 fully saturated rings. The number of piperidine rings is 1. The van der Waals surface area contributed by atoms with Crippen molar-refractivity contribution in [2.75, 3.05) is 19.7 Å². The molecule has 0 radical (unpaired) electrons. The number of hydrogen-bond donors (Lipinski definition) is 1. The molecule has 1 amide bonds. The molecule has 1 aliphatic carbocycles. The number of halogens is 1. The summed E-state index contributed by atoms with van der Waals surface area (Å²) >= 11 is 5.97. The summed E-state index contributed by atoms with van der Waals surface area (Å²) < 4.78 is 0. The van der Waals surface area contributed by atoms with Gasteiger partial charge in [0.2, 0.25) is 5.91 Å². The molecule has 1 aromatic rings. The van der Waals surface area contributed by atoms with Crippen LogP contribution in [0.1, 0.15) is 37.7 Å². The average Bonchev–Trinajstić information content (AvgIpc) is 2.48. The number of carbonyl (C=O) groups excluding carboxylic acids is 1. The molecule has 1 heterocycles. The summed E-state index contributed by atoms with van der Waals surface area (Å²) in [6, 6.07) is 7.73. The van der Waals surface area contributed by atoms with E-state index in [4.69, 9.17) is 11.6 Å². The van der Waals surface area contributed by atoms with Crippen molar-refractivity contribution in [3.05, 3.63) is 34.9 Å². The Morgan fingerprint density at radius 2 is 2.00 bits per heavy atom. The van der Waals surface area contributed by atoms with Crippen LogP contribution >= 0.6 is 11.6 Å². The van der Waals surface area contributed by atoms with Crippen molar-refractivity contribution in [3.8, 4) is 0 Å². The van der Waals surface area contributed by atoms with Crippen LogP contribution in [0.5, 0.6) is 0 Å². The first-order valence-electron chi connectivity index (χ1n) is 7.82. The zero-order chi connectivity index (χ0) is 14.9. The molecule has 1 saturated heterocycles. The van der Waals surface area contributed by atoms with Crippen LogP contribution in [-0.4, -0.2) is 35.6 Å². The van der Waals surface area contributed by atoms with Gasteiger partial charge in [-0.2, -0.15) is 0 Å². The number of amides is 1. The van der Waals surface area contributed by atoms with Crippen molar-refractivity contribution in [1.82, 2.24) is 4.90 Å². The molecule has 0 bridgehead atoms. The van der Waals surface area contributed by atoms with Gasteiger partial charge in [-0.3, -0.25) is 4.79 Å². The van der Waals surface area contributed by atoms with Crippen LogP contribution in [0.15, 0.2) is 24.3 Å². The highest BCUT2D eigenvalue weighted by atomic mass is 35.5. The van der Waals surface area contributed by atoms with Crippen LogP contribution in [0.2, 0.25) is 5.02 Å². The van der Waals surface area contributed by atoms with Crippen LogP contribution in [0.25, 0.3) is 0 Å².